The van der Waals surface area contributed by atoms with Crippen molar-refractivity contribution in [2.75, 3.05) is 32.9 Å². The van der Waals surface area contributed by atoms with Gasteiger partial charge >= 0.3 is 0 Å². The Balaban J connectivity index is 1.60. The van der Waals surface area contributed by atoms with Crippen LogP contribution in [0.5, 0.6) is 5.75 Å². The SMILES string of the molecule is CCOc1ccc(C(NC(=O)c2cccc(S(=O)(=O)N3CCOCC3)c2)c2ccccc2)cc1. The van der Waals surface area contributed by atoms with Crippen molar-refractivity contribution in [1.29, 1.82) is 0 Å². The predicted molar refractivity (Wildman–Crippen MR) is 129 cm³/mol. The molecule has 0 aliphatic carbocycles. The van der Waals surface area contributed by atoms with Gasteiger partial charge in [-0.25, -0.2) is 8.42 Å². The summed E-state index contributed by atoms with van der Waals surface area (Å²) in [6, 6.07) is 23.0. The average Bonchev–Trinajstić information content (AvgIpc) is 2.89. The Morgan fingerprint density at radius 3 is 2.32 bits per heavy atom. The molecule has 178 valence electrons. The van der Waals surface area contributed by atoms with Gasteiger partial charge in [0, 0.05) is 18.7 Å². The molecule has 0 radical (unpaired) electrons. The maximum Gasteiger partial charge on any atom is 0.252 e. The van der Waals surface area contributed by atoms with E-state index in [1.54, 1.807) is 12.1 Å². The molecule has 1 heterocycles. The van der Waals surface area contributed by atoms with Crippen LogP contribution in [0.25, 0.3) is 0 Å². The second-order valence-corrected chi connectivity index (χ2v) is 9.80. The van der Waals surface area contributed by atoms with Crippen molar-refractivity contribution >= 4 is 15.9 Å². The van der Waals surface area contributed by atoms with E-state index in [9.17, 15) is 13.2 Å². The van der Waals surface area contributed by atoms with Crippen molar-refractivity contribution in [2.24, 2.45) is 0 Å². The van der Waals surface area contributed by atoms with Crippen LogP contribution in [0.2, 0.25) is 0 Å². The molecular weight excluding hydrogens is 452 g/mol. The molecule has 1 amide bonds. The predicted octanol–water partition coefficient (Wildman–Crippen LogP) is 3.63. The number of rotatable bonds is 8. The fraction of sp³-hybridized carbons (Fsp3) is 0.269. The Morgan fingerprint density at radius 1 is 0.971 bits per heavy atom. The molecule has 8 heteroatoms. The molecule has 0 bridgehead atoms. The molecule has 1 saturated heterocycles. The molecule has 1 unspecified atom stereocenters. The quantitative estimate of drug-likeness (QED) is 0.532. The van der Waals surface area contributed by atoms with Crippen LogP contribution < -0.4 is 10.1 Å². The number of hydrogen-bond donors (Lipinski definition) is 1. The lowest BCUT2D eigenvalue weighted by molar-refractivity contribution is 0.0730. The van der Waals surface area contributed by atoms with Crippen molar-refractivity contribution in [3.05, 3.63) is 95.6 Å². The van der Waals surface area contributed by atoms with Gasteiger partial charge in [0.1, 0.15) is 5.75 Å². The van der Waals surface area contributed by atoms with Crippen molar-refractivity contribution in [2.45, 2.75) is 17.9 Å². The van der Waals surface area contributed by atoms with Crippen LogP contribution in [0.4, 0.5) is 0 Å². The summed E-state index contributed by atoms with van der Waals surface area (Å²) in [5.41, 5.74) is 2.08. The third kappa shape index (κ3) is 5.47. The van der Waals surface area contributed by atoms with E-state index in [4.69, 9.17) is 9.47 Å². The van der Waals surface area contributed by atoms with Gasteiger partial charge in [-0.1, -0.05) is 48.5 Å². The molecule has 4 rings (SSSR count). The lowest BCUT2D eigenvalue weighted by Crippen LogP contribution is -2.40. The third-order valence-electron chi connectivity index (χ3n) is 5.64. The third-order valence-corrected chi connectivity index (χ3v) is 7.53. The molecule has 3 aromatic rings. The Labute approximate surface area is 200 Å². The van der Waals surface area contributed by atoms with E-state index in [-0.39, 0.29) is 16.4 Å². The summed E-state index contributed by atoms with van der Waals surface area (Å²) in [5, 5.41) is 3.07. The van der Waals surface area contributed by atoms with Crippen molar-refractivity contribution in [3.8, 4) is 5.75 Å². The Hall–Kier alpha value is -3.20. The number of ether oxygens (including phenoxy) is 2. The number of nitrogens with zero attached hydrogens (tertiary/aromatic N) is 1. The van der Waals surface area contributed by atoms with E-state index in [1.165, 1.54) is 16.4 Å². The molecule has 34 heavy (non-hydrogen) atoms. The van der Waals surface area contributed by atoms with Crippen molar-refractivity contribution in [3.63, 3.8) is 0 Å². The summed E-state index contributed by atoms with van der Waals surface area (Å²) in [7, 11) is -3.70. The zero-order chi connectivity index (χ0) is 24.0. The number of amides is 1. The number of nitrogens with one attached hydrogen (secondary N) is 1. The first-order valence-electron chi connectivity index (χ1n) is 11.3. The average molecular weight is 481 g/mol. The monoisotopic (exact) mass is 480 g/mol. The topological polar surface area (TPSA) is 84.9 Å². The number of benzene rings is 3. The minimum atomic E-state index is -3.70. The highest BCUT2D eigenvalue weighted by atomic mass is 32.2. The zero-order valence-electron chi connectivity index (χ0n) is 19.0. The van der Waals surface area contributed by atoms with Gasteiger partial charge in [0.25, 0.3) is 5.91 Å². The first-order valence-corrected chi connectivity index (χ1v) is 12.7. The summed E-state index contributed by atoms with van der Waals surface area (Å²) in [6.07, 6.45) is 0. The van der Waals surface area contributed by atoms with E-state index in [0.717, 1.165) is 16.9 Å². The Morgan fingerprint density at radius 2 is 1.65 bits per heavy atom. The summed E-state index contributed by atoms with van der Waals surface area (Å²) < 4.78 is 38.3. The summed E-state index contributed by atoms with van der Waals surface area (Å²) in [5.74, 6) is 0.396. The smallest absolute Gasteiger partial charge is 0.252 e. The number of sulfonamides is 1. The second-order valence-electron chi connectivity index (χ2n) is 7.86. The number of hydrogen-bond acceptors (Lipinski definition) is 5. The van der Waals surface area contributed by atoms with Gasteiger partial charge in [-0.3, -0.25) is 4.79 Å². The highest BCUT2D eigenvalue weighted by Crippen LogP contribution is 2.25. The van der Waals surface area contributed by atoms with Crippen LogP contribution in [0.15, 0.2) is 83.8 Å². The van der Waals surface area contributed by atoms with Gasteiger partial charge in [0.2, 0.25) is 10.0 Å². The first-order chi connectivity index (χ1) is 16.5. The molecule has 1 aliphatic rings. The summed E-state index contributed by atoms with van der Waals surface area (Å²) in [4.78, 5) is 13.4. The molecule has 1 atom stereocenters. The van der Waals surface area contributed by atoms with E-state index < -0.39 is 16.1 Å². The molecule has 3 aromatic carbocycles. The van der Waals surface area contributed by atoms with Gasteiger partial charge in [-0.2, -0.15) is 4.31 Å². The van der Waals surface area contributed by atoms with Crippen molar-refractivity contribution < 1.29 is 22.7 Å². The van der Waals surface area contributed by atoms with Gasteiger partial charge in [0.05, 0.1) is 30.8 Å². The Kier molecular flexibility index (Phi) is 7.62. The standard InChI is InChI=1S/C26H28N2O5S/c1-2-33-23-13-11-21(12-14-23)25(20-7-4-3-5-8-20)27-26(29)22-9-6-10-24(19-22)34(30,31)28-15-17-32-18-16-28/h3-14,19,25H,2,15-18H2,1H3,(H,27,29). The van der Waals surface area contributed by atoms with Crippen LogP contribution in [0.3, 0.4) is 0 Å². The normalized spacial score (nSPS) is 15.4. The molecule has 0 spiro atoms. The highest BCUT2D eigenvalue weighted by Gasteiger charge is 2.27. The lowest BCUT2D eigenvalue weighted by Gasteiger charge is -2.26. The molecular formula is C26H28N2O5S. The van der Waals surface area contributed by atoms with Crippen LogP contribution >= 0.6 is 0 Å². The molecule has 7 nitrogen and oxygen atoms in total. The molecule has 1 N–H and O–H groups in total. The molecule has 0 saturated carbocycles. The van der Waals surface area contributed by atoms with Crippen molar-refractivity contribution in [1.82, 2.24) is 9.62 Å². The lowest BCUT2D eigenvalue weighted by atomic mass is 9.98. The van der Waals surface area contributed by atoms with E-state index >= 15 is 0 Å². The molecule has 1 fully saturated rings. The molecule has 1 aliphatic heterocycles. The summed E-state index contributed by atoms with van der Waals surface area (Å²) >= 11 is 0. The Bertz CT molecular complexity index is 1210. The van der Waals surface area contributed by atoms with Crippen LogP contribution in [-0.2, 0) is 14.8 Å². The number of carbonyl (C=O) groups is 1. The largest absolute Gasteiger partial charge is 0.494 e. The number of carbonyl (C=O) groups excluding carboxylic acids is 1. The number of morpholine rings is 1. The second kappa shape index (κ2) is 10.8. The highest BCUT2D eigenvalue weighted by molar-refractivity contribution is 7.89. The minimum Gasteiger partial charge on any atom is -0.494 e. The fourth-order valence-electron chi connectivity index (χ4n) is 3.88. The minimum absolute atomic E-state index is 0.0966. The molecule has 0 aromatic heterocycles. The van der Waals surface area contributed by atoms with Gasteiger partial charge in [-0.05, 0) is 48.4 Å². The maximum absolute atomic E-state index is 13.3. The first kappa shape index (κ1) is 23.9. The van der Waals surface area contributed by atoms with E-state index in [0.29, 0.717) is 32.9 Å². The van der Waals surface area contributed by atoms with Gasteiger partial charge in [0.15, 0.2) is 0 Å². The van der Waals surface area contributed by atoms with E-state index in [1.807, 2.05) is 61.5 Å². The zero-order valence-corrected chi connectivity index (χ0v) is 19.8. The maximum atomic E-state index is 13.3. The summed E-state index contributed by atoms with van der Waals surface area (Å²) in [6.45, 7) is 3.82. The van der Waals surface area contributed by atoms with E-state index in [2.05, 4.69) is 5.32 Å². The van der Waals surface area contributed by atoms with Crippen LogP contribution in [0.1, 0.15) is 34.5 Å². The van der Waals surface area contributed by atoms with Gasteiger partial charge < -0.3 is 14.8 Å². The van der Waals surface area contributed by atoms with Crippen LogP contribution in [0, 0.1) is 0 Å². The van der Waals surface area contributed by atoms with Crippen LogP contribution in [-0.4, -0.2) is 51.5 Å². The fourth-order valence-corrected chi connectivity index (χ4v) is 5.33. The van der Waals surface area contributed by atoms with Gasteiger partial charge in [-0.15, -0.1) is 0 Å².